The zero-order valence-corrected chi connectivity index (χ0v) is 14.0. The van der Waals surface area contributed by atoms with Crippen LogP contribution in [0.3, 0.4) is 0 Å². The Hall–Kier alpha value is -3.44. The van der Waals surface area contributed by atoms with E-state index in [4.69, 9.17) is 10.7 Å². The summed E-state index contributed by atoms with van der Waals surface area (Å²) in [5, 5.41) is 1.53. The van der Waals surface area contributed by atoms with E-state index >= 15 is 0 Å². The molecule has 5 heteroatoms. The molecule has 0 aliphatic heterocycles. The SMILES string of the molecule is NCc1ccc(-n2c(=O)c3ccccc3c3nc4ccccn4c32)cc1. The van der Waals surface area contributed by atoms with Crippen molar-refractivity contribution in [3.05, 3.63) is 88.8 Å². The molecule has 0 saturated heterocycles. The molecule has 0 aliphatic carbocycles. The molecule has 0 spiro atoms. The molecule has 2 aromatic carbocycles. The molecule has 0 atom stereocenters. The molecular weight excluding hydrogens is 324 g/mol. The van der Waals surface area contributed by atoms with Crippen LogP contribution in [-0.4, -0.2) is 14.0 Å². The van der Waals surface area contributed by atoms with E-state index < -0.39 is 0 Å². The fourth-order valence-corrected chi connectivity index (χ4v) is 3.49. The van der Waals surface area contributed by atoms with Gasteiger partial charge in [0.1, 0.15) is 11.2 Å². The smallest absolute Gasteiger partial charge is 0.264 e. The number of nitrogens with two attached hydrogens (primary N) is 1. The number of imidazole rings is 1. The van der Waals surface area contributed by atoms with E-state index in [1.54, 1.807) is 4.57 Å². The molecule has 0 bridgehead atoms. The van der Waals surface area contributed by atoms with E-state index in [1.165, 1.54) is 0 Å². The number of hydrogen-bond acceptors (Lipinski definition) is 3. The first-order chi connectivity index (χ1) is 12.8. The fourth-order valence-electron chi connectivity index (χ4n) is 3.49. The Morgan fingerprint density at radius 3 is 2.38 bits per heavy atom. The van der Waals surface area contributed by atoms with E-state index in [0.717, 1.165) is 33.4 Å². The maximum Gasteiger partial charge on any atom is 0.264 e. The standard InChI is InChI=1S/C21H16N4O/c22-13-14-8-10-15(11-9-14)25-20-19(23-18-7-3-4-12-24(18)20)16-5-1-2-6-17(16)21(25)26/h1-12H,13,22H2. The van der Waals surface area contributed by atoms with E-state index in [9.17, 15) is 4.79 Å². The minimum atomic E-state index is -0.0562. The molecule has 0 radical (unpaired) electrons. The molecule has 0 amide bonds. The van der Waals surface area contributed by atoms with Crippen molar-refractivity contribution in [2.24, 2.45) is 5.73 Å². The van der Waals surface area contributed by atoms with E-state index in [-0.39, 0.29) is 5.56 Å². The van der Waals surface area contributed by atoms with Gasteiger partial charge in [0.05, 0.1) is 5.69 Å². The Kier molecular flexibility index (Phi) is 3.17. The number of benzene rings is 2. The van der Waals surface area contributed by atoms with Gasteiger partial charge in [0.15, 0.2) is 5.65 Å². The van der Waals surface area contributed by atoms with Crippen LogP contribution in [0, 0.1) is 0 Å². The average molecular weight is 340 g/mol. The van der Waals surface area contributed by atoms with Gasteiger partial charge in [-0.2, -0.15) is 0 Å². The van der Waals surface area contributed by atoms with Gasteiger partial charge in [-0.25, -0.2) is 4.98 Å². The highest BCUT2D eigenvalue weighted by Crippen LogP contribution is 2.25. The first-order valence-electron chi connectivity index (χ1n) is 8.48. The van der Waals surface area contributed by atoms with Crippen LogP contribution in [0.4, 0.5) is 0 Å². The fraction of sp³-hybridized carbons (Fsp3) is 0.0476. The van der Waals surface area contributed by atoms with Gasteiger partial charge in [-0.1, -0.05) is 36.4 Å². The monoisotopic (exact) mass is 340 g/mol. The summed E-state index contributed by atoms with van der Waals surface area (Å²) in [6.45, 7) is 0.470. The summed E-state index contributed by atoms with van der Waals surface area (Å²) >= 11 is 0. The number of fused-ring (bicyclic) bond motifs is 5. The molecule has 0 aliphatic rings. The lowest BCUT2D eigenvalue weighted by molar-refractivity contribution is 1.00. The number of nitrogens with zero attached hydrogens (tertiary/aromatic N) is 3. The zero-order valence-electron chi connectivity index (χ0n) is 14.0. The van der Waals surface area contributed by atoms with Gasteiger partial charge < -0.3 is 5.73 Å². The van der Waals surface area contributed by atoms with Crippen molar-refractivity contribution in [3.8, 4) is 5.69 Å². The molecule has 3 aromatic heterocycles. The molecule has 5 rings (SSSR count). The molecule has 5 nitrogen and oxygen atoms in total. The van der Waals surface area contributed by atoms with Gasteiger partial charge in [0.2, 0.25) is 0 Å². The van der Waals surface area contributed by atoms with Crippen molar-refractivity contribution < 1.29 is 0 Å². The third-order valence-electron chi connectivity index (χ3n) is 4.76. The van der Waals surface area contributed by atoms with Crippen LogP contribution < -0.4 is 11.3 Å². The Morgan fingerprint density at radius 1 is 0.885 bits per heavy atom. The third kappa shape index (κ3) is 2.01. The molecule has 26 heavy (non-hydrogen) atoms. The van der Waals surface area contributed by atoms with Gasteiger partial charge in [-0.05, 0) is 35.9 Å². The minimum Gasteiger partial charge on any atom is -0.326 e. The first-order valence-corrected chi connectivity index (χ1v) is 8.48. The normalized spacial score (nSPS) is 11.6. The second-order valence-electron chi connectivity index (χ2n) is 6.27. The Balaban J connectivity index is 2.02. The van der Waals surface area contributed by atoms with Crippen molar-refractivity contribution in [2.45, 2.75) is 6.54 Å². The topological polar surface area (TPSA) is 65.3 Å². The van der Waals surface area contributed by atoms with Gasteiger partial charge >= 0.3 is 0 Å². The van der Waals surface area contributed by atoms with Gasteiger partial charge in [-0.15, -0.1) is 0 Å². The molecule has 0 saturated carbocycles. The minimum absolute atomic E-state index is 0.0562. The van der Waals surface area contributed by atoms with Crippen LogP contribution in [0.25, 0.3) is 33.3 Å². The highest BCUT2D eigenvalue weighted by atomic mass is 16.1. The Morgan fingerprint density at radius 2 is 1.62 bits per heavy atom. The summed E-state index contributed by atoms with van der Waals surface area (Å²) in [5.74, 6) is 0. The van der Waals surface area contributed by atoms with Crippen molar-refractivity contribution in [2.75, 3.05) is 0 Å². The van der Waals surface area contributed by atoms with Gasteiger partial charge in [0.25, 0.3) is 5.56 Å². The summed E-state index contributed by atoms with van der Waals surface area (Å²) in [7, 11) is 0. The summed E-state index contributed by atoms with van der Waals surface area (Å²) in [4.78, 5) is 18.1. The second kappa shape index (κ2) is 5.54. The molecule has 0 unspecified atom stereocenters. The van der Waals surface area contributed by atoms with Crippen LogP contribution in [0.1, 0.15) is 5.56 Å². The van der Waals surface area contributed by atoms with E-state index in [1.807, 2.05) is 77.3 Å². The van der Waals surface area contributed by atoms with Crippen molar-refractivity contribution in [3.63, 3.8) is 0 Å². The first kappa shape index (κ1) is 14.9. The molecule has 3 heterocycles. The average Bonchev–Trinajstić information content (AvgIpc) is 3.08. The highest BCUT2D eigenvalue weighted by molar-refractivity contribution is 6.04. The molecular formula is C21H16N4O. The van der Waals surface area contributed by atoms with E-state index in [2.05, 4.69) is 0 Å². The Labute approximate surface area is 148 Å². The molecule has 0 fully saturated rings. The summed E-state index contributed by atoms with van der Waals surface area (Å²) in [5.41, 5.74) is 9.87. The second-order valence-corrected chi connectivity index (χ2v) is 6.27. The molecule has 5 aromatic rings. The maximum atomic E-state index is 13.3. The summed E-state index contributed by atoms with van der Waals surface area (Å²) in [6.07, 6.45) is 1.93. The van der Waals surface area contributed by atoms with Gasteiger partial charge in [0, 0.05) is 23.5 Å². The van der Waals surface area contributed by atoms with Crippen LogP contribution >= 0.6 is 0 Å². The van der Waals surface area contributed by atoms with Crippen molar-refractivity contribution in [1.82, 2.24) is 14.0 Å². The number of pyridine rings is 2. The van der Waals surface area contributed by atoms with Crippen molar-refractivity contribution >= 4 is 27.6 Å². The molecule has 126 valence electrons. The lowest BCUT2D eigenvalue weighted by atomic mass is 10.1. The van der Waals surface area contributed by atoms with Crippen LogP contribution in [0.5, 0.6) is 0 Å². The van der Waals surface area contributed by atoms with Crippen molar-refractivity contribution in [1.29, 1.82) is 0 Å². The largest absolute Gasteiger partial charge is 0.326 e. The van der Waals surface area contributed by atoms with Crippen LogP contribution in [0.2, 0.25) is 0 Å². The van der Waals surface area contributed by atoms with Gasteiger partial charge in [-0.3, -0.25) is 13.8 Å². The summed E-state index contributed by atoms with van der Waals surface area (Å²) < 4.78 is 3.69. The highest BCUT2D eigenvalue weighted by Gasteiger charge is 2.17. The third-order valence-corrected chi connectivity index (χ3v) is 4.76. The van der Waals surface area contributed by atoms with E-state index in [0.29, 0.717) is 11.9 Å². The summed E-state index contributed by atoms with van der Waals surface area (Å²) in [6, 6.07) is 21.2. The number of aromatic nitrogens is 3. The van der Waals surface area contributed by atoms with Crippen LogP contribution in [-0.2, 0) is 6.54 Å². The lowest BCUT2D eigenvalue weighted by Gasteiger charge is -2.11. The predicted octanol–water partition coefficient (Wildman–Crippen LogP) is 3.25. The quantitative estimate of drug-likeness (QED) is 0.536. The lowest BCUT2D eigenvalue weighted by Crippen LogP contribution is -2.20. The molecule has 2 N–H and O–H groups in total. The van der Waals surface area contributed by atoms with Crippen LogP contribution in [0.15, 0.2) is 77.7 Å². The maximum absolute atomic E-state index is 13.3. The Bertz CT molecular complexity index is 1330. The predicted molar refractivity (Wildman–Crippen MR) is 104 cm³/mol. The number of rotatable bonds is 2. The number of hydrogen-bond donors (Lipinski definition) is 1. The zero-order chi connectivity index (χ0) is 17.7.